The minimum Gasteiger partial charge on any atom is -0.481 e. The molecule has 0 saturated carbocycles. The van der Waals surface area contributed by atoms with Crippen molar-refractivity contribution >= 4 is 18.1 Å². The fourth-order valence-electron chi connectivity index (χ4n) is 2.81. The number of aromatic nitrogens is 2. The molecule has 0 bridgehead atoms. The van der Waals surface area contributed by atoms with Crippen LogP contribution in [0, 0.1) is 5.41 Å². The van der Waals surface area contributed by atoms with Gasteiger partial charge < -0.3 is 10.0 Å². The Hall–Kier alpha value is -2.76. The third-order valence-electron chi connectivity index (χ3n) is 4.67. The van der Waals surface area contributed by atoms with Gasteiger partial charge in [-0.2, -0.15) is 0 Å². The molecule has 1 aliphatic rings. The second kappa shape index (κ2) is 6.39. The lowest BCUT2D eigenvalue weighted by molar-refractivity contribution is -0.149. The zero-order valence-electron chi connectivity index (χ0n) is 13.5. The molecule has 124 valence electrons. The topological polar surface area (TPSA) is 83.4 Å². The maximum Gasteiger partial charge on any atom is 0.309 e. The lowest BCUT2D eigenvalue weighted by Gasteiger charge is -2.37. The van der Waals surface area contributed by atoms with Crippen LogP contribution in [0.4, 0.5) is 5.82 Å². The van der Waals surface area contributed by atoms with E-state index >= 15 is 0 Å². The maximum absolute atomic E-state index is 11.3. The van der Waals surface area contributed by atoms with Crippen molar-refractivity contribution in [3.8, 4) is 11.3 Å². The number of hydrogen-bond acceptors (Lipinski definition) is 5. The largest absolute Gasteiger partial charge is 0.481 e. The number of pyridine rings is 2. The SMILES string of the molecule is CC1(C(=O)O)CCN(c2ccc(-c3ccc(C=O)cn3)cn2)CC1. The number of hydrogen-bond donors (Lipinski definition) is 1. The third-order valence-corrected chi connectivity index (χ3v) is 4.67. The van der Waals surface area contributed by atoms with Crippen molar-refractivity contribution in [2.75, 3.05) is 18.0 Å². The van der Waals surface area contributed by atoms with E-state index in [1.807, 2.05) is 12.1 Å². The molecule has 3 heterocycles. The molecule has 0 aliphatic carbocycles. The number of carboxylic acid groups (broad SMARTS) is 1. The van der Waals surface area contributed by atoms with Gasteiger partial charge in [0.15, 0.2) is 6.29 Å². The highest BCUT2D eigenvalue weighted by Gasteiger charge is 2.37. The van der Waals surface area contributed by atoms with Gasteiger partial charge in [-0.15, -0.1) is 0 Å². The Morgan fingerprint density at radius 2 is 1.92 bits per heavy atom. The van der Waals surface area contributed by atoms with Gasteiger partial charge in [-0.25, -0.2) is 4.98 Å². The number of aliphatic carboxylic acids is 1. The minimum absolute atomic E-state index is 0.540. The van der Waals surface area contributed by atoms with Crippen LogP contribution in [0.5, 0.6) is 0 Å². The van der Waals surface area contributed by atoms with Crippen LogP contribution in [0.25, 0.3) is 11.3 Å². The highest BCUT2D eigenvalue weighted by Crippen LogP contribution is 2.32. The summed E-state index contributed by atoms with van der Waals surface area (Å²) < 4.78 is 0. The summed E-state index contributed by atoms with van der Waals surface area (Å²) in [6.07, 6.45) is 5.27. The fraction of sp³-hybridized carbons (Fsp3) is 0.333. The highest BCUT2D eigenvalue weighted by molar-refractivity contribution is 5.75. The molecule has 0 atom stereocenters. The van der Waals surface area contributed by atoms with E-state index < -0.39 is 11.4 Å². The number of nitrogens with zero attached hydrogens (tertiary/aromatic N) is 3. The van der Waals surface area contributed by atoms with E-state index in [9.17, 15) is 14.7 Å². The Labute approximate surface area is 140 Å². The lowest BCUT2D eigenvalue weighted by Crippen LogP contribution is -2.43. The Balaban J connectivity index is 1.71. The predicted molar refractivity (Wildman–Crippen MR) is 90.0 cm³/mol. The summed E-state index contributed by atoms with van der Waals surface area (Å²) in [6.45, 7) is 3.17. The Kier molecular flexibility index (Phi) is 4.29. The van der Waals surface area contributed by atoms with E-state index in [0.29, 0.717) is 31.5 Å². The smallest absolute Gasteiger partial charge is 0.309 e. The molecule has 1 saturated heterocycles. The maximum atomic E-state index is 11.3. The van der Waals surface area contributed by atoms with E-state index in [0.717, 1.165) is 23.4 Å². The summed E-state index contributed by atoms with van der Waals surface area (Å²) in [4.78, 5) is 32.8. The van der Waals surface area contributed by atoms with Gasteiger partial charge in [0.05, 0.1) is 11.1 Å². The van der Waals surface area contributed by atoms with Crippen molar-refractivity contribution in [2.24, 2.45) is 5.41 Å². The molecular weight excluding hydrogens is 306 g/mol. The van der Waals surface area contributed by atoms with Crippen molar-refractivity contribution in [3.05, 3.63) is 42.2 Å². The quantitative estimate of drug-likeness (QED) is 0.870. The van der Waals surface area contributed by atoms with E-state index in [1.54, 1.807) is 25.3 Å². The van der Waals surface area contributed by atoms with Crippen LogP contribution >= 0.6 is 0 Å². The molecule has 1 fully saturated rings. The van der Waals surface area contributed by atoms with Crippen molar-refractivity contribution < 1.29 is 14.7 Å². The first kappa shape index (κ1) is 16.1. The van der Waals surface area contributed by atoms with Crippen LogP contribution < -0.4 is 4.90 Å². The first-order chi connectivity index (χ1) is 11.5. The molecule has 24 heavy (non-hydrogen) atoms. The molecule has 0 spiro atoms. The highest BCUT2D eigenvalue weighted by atomic mass is 16.4. The van der Waals surface area contributed by atoms with E-state index in [2.05, 4.69) is 14.9 Å². The number of carboxylic acids is 1. The van der Waals surface area contributed by atoms with Crippen molar-refractivity contribution in [2.45, 2.75) is 19.8 Å². The van der Waals surface area contributed by atoms with Crippen LogP contribution in [0.2, 0.25) is 0 Å². The monoisotopic (exact) mass is 325 g/mol. The van der Waals surface area contributed by atoms with Crippen molar-refractivity contribution in [3.63, 3.8) is 0 Å². The molecule has 3 rings (SSSR count). The van der Waals surface area contributed by atoms with Gasteiger partial charge in [-0.1, -0.05) is 0 Å². The normalized spacial score (nSPS) is 16.6. The van der Waals surface area contributed by atoms with Crippen LogP contribution in [0.3, 0.4) is 0 Å². The van der Waals surface area contributed by atoms with Crippen LogP contribution in [-0.4, -0.2) is 40.4 Å². The summed E-state index contributed by atoms with van der Waals surface area (Å²) in [6, 6.07) is 7.38. The molecule has 6 heteroatoms. The van der Waals surface area contributed by atoms with Gasteiger partial charge in [0.25, 0.3) is 0 Å². The average molecular weight is 325 g/mol. The number of anilines is 1. The van der Waals surface area contributed by atoms with E-state index in [4.69, 9.17) is 0 Å². The molecule has 2 aromatic heterocycles. The van der Waals surface area contributed by atoms with Gasteiger partial charge in [0.2, 0.25) is 0 Å². The Morgan fingerprint density at radius 3 is 2.42 bits per heavy atom. The summed E-state index contributed by atoms with van der Waals surface area (Å²) in [7, 11) is 0. The zero-order chi connectivity index (χ0) is 17.2. The second-order valence-corrected chi connectivity index (χ2v) is 6.35. The molecule has 1 N–H and O–H groups in total. The summed E-state index contributed by atoms with van der Waals surface area (Å²) >= 11 is 0. The van der Waals surface area contributed by atoms with Gasteiger partial charge in [0, 0.05) is 36.6 Å². The molecule has 2 aromatic rings. The average Bonchev–Trinajstić information content (AvgIpc) is 2.62. The van der Waals surface area contributed by atoms with Gasteiger partial charge in [0.1, 0.15) is 5.82 Å². The molecule has 0 aromatic carbocycles. The molecule has 0 radical (unpaired) electrons. The Morgan fingerprint density at radius 1 is 1.17 bits per heavy atom. The molecule has 0 unspecified atom stereocenters. The van der Waals surface area contributed by atoms with Crippen molar-refractivity contribution in [1.82, 2.24) is 9.97 Å². The Bertz CT molecular complexity index is 733. The van der Waals surface area contributed by atoms with E-state index in [-0.39, 0.29) is 0 Å². The summed E-state index contributed by atoms with van der Waals surface area (Å²) in [5.74, 6) is 0.117. The third kappa shape index (κ3) is 3.13. The standard InChI is InChI=1S/C18H19N3O3/c1-18(17(23)24)6-8-21(9-7-18)16-5-3-14(11-20-16)15-4-2-13(12-22)10-19-15/h2-5,10-12H,6-9H2,1H3,(H,23,24). The lowest BCUT2D eigenvalue weighted by atomic mass is 9.80. The number of rotatable bonds is 4. The van der Waals surface area contributed by atoms with Crippen molar-refractivity contribution in [1.29, 1.82) is 0 Å². The number of carbonyl (C=O) groups excluding carboxylic acids is 1. The van der Waals surface area contributed by atoms with Gasteiger partial charge >= 0.3 is 5.97 Å². The summed E-state index contributed by atoms with van der Waals surface area (Å²) in [5, 5.41) is 9.29. The zero-order valence-corrected chi connectivity index (χ0v) is 13.5. The van der Waals surface area contributed by atoms with Gasteiger partial charge in [-0.3, -0.25) is 14.6 Å². The molecular formula is C18H19N3O3. The van der Waals surface area contributed by atoms with Gasteiger partial charge in [-0.05, 0) is 44.0 Å². The molecule has 1 aliphatic heterocycles. The second-order valence-electron chi connectivity index (χ2n) is 6.35. The van der Waals surface area contributed by atoms with Crippen LogP contribution in [0.15, 0.2) is 36.7 Å². The fourth-order valence-corrected chi connectivity index (χ4v) is 2.81. The first-order valence-corrected chi connectivity index (χ1v) is 7.88. The summed E-state index contributed by atoms with van der Waals surface area (Å²) in [5.41, 5.74) is 1.54. The minimum atomic E-state index is -0.727. The molecule has 0 amide bonds. The molecule has 6 nitrogen and oxygen atoms in total. The number of carbonyl (C=O) groups is 2. The predicted octanol–water partition coefficient (Wildman–Crippen LogP) is 2.65. The van der Waals surface area contributed by atoms with Crippen LogP contribution in [0.1, 0.15) is 30.1 Å². The van der Waals surface area contributed by atoms with E-state index in [1.165, 1.54) is 6.20 Å². The van der Waals surface area contributed by atoms with Crippen LogP contribution in [-0.2, 0) is 4.79 Å². The number of piperidine rings is 1. The first-order valence-electron chi connectivity index (χ1n) is 7.88. The number of aldehydes is 1.